The summed E-state index contributed by atoms with van der Waals surface area (Å²) in [4.78, 5) is 63.9. The number of amides is 3. The van der Waals surface area contributed by atoms with E-state index < -0.39 is 18.2 Å². The molecule has 4 heterocycles. The Balaban J connectivity index is 1.19. The summed E-state index contributed by atoms with van der Waals surface area (Å²) >= 11 is 0. The predicted molar refractivity (Wildman–Crippen MR) is 180 cm³/mol. The molecule has 1 aromatic carbocycles. The first-order valence-corrected chi connectivity index (χ1v) is 16.3. The molecule has 47 heavy (non-hydrogen) atoms. The fraction of sp³-hybridized carbons (Fsp3) is 0.486. The molecule has 2 saturated heterocycles. The normalized spacial score (nSPS) is 19.5. The molecule has 0 radical (unpaired) electrons. The highest BCUT2D eigenvalue weighted by Crippen LogP contribution is 2.27. The molecule has 5 rings (SSSR count). The summed E-state index contributed by atoms with van der Waals surface area (Å²) in [6, 6.07) is 10.3. The molecular weight excluding hydrogens is 598 g/mol. The van der Waals surface area contributed by atoms with Crippen LogP contribution in [0.4, 0.5) is 10.6 Å². The van der Waals surface area contributed by atoms with E-state index in [1.165, 1.54) is 7.11 Å². The van der Waals surface area contributed by atoms with Crippen molar-refractivity contribution >= 4 is 40.3 Å². The lowest BCUT2D eigenvalue weighted by atomic mass is 10.0. The van der Waals surface area contributed by atoms with E-state index in [-0.39, 0.29) is 42.1 Å². The standard InChI is InChI=1S/C35H45N7O5/c1-21(2)32(40-35(46)47-5)34(45)42-15-7-8-28(42)30(43)20-36-22(3)27-13-12-24(18-37-27)23-10-11-25-19-38-31(17-26(25)16-23)39-33(44)29-9-6-14-41(29)4/h10-13,16-19,21-22,28-29,32,36H,6-9,14-15,20H2,1-5H3,(H,40,46)(H,38,39,44). The van der Waals surface area contributed by atoms with E-state index in [0.29, 0.717) is 18.8 Å². The fourth-order valence-electron chi connectivity index (χ4n) is 6.39. The molecule has 3 amide bonds. The molecule has 2 aliphatic rings. The number of pyridine rings is 2. The monoisotopic (exact) mass is 643 g/mol. The van der Waals surface area contributed by atoms with E-state index in [1.807, 2.05) is 64.3 Å². The van der Waals surface area contributed by atoms with E-state index >= 15 is 0 Å². The van der Waals surface area contributed by atoms with Gasteiger partial charge in [-0.15, -0.1) is 0 Å². The molecule has 0 spiro atoms. The number of carbonyl (C=O) groups is 4. The molecule has 3 N–H and O–H groups in total. The van der Waals surface area contributed by atoms with Gasteiger partial charge in [0.15, 0.2) is 5.78 Å². The average molecular weight is 644 g/mol. The molecule has 3 aromatic rings. The summed E-state index contributed by atoms with van der Waals surface area (Å²) in [5.74, 6) is 0.000933. The Morgan fingerprint density at radius 3 is 2.34 bits per heavy atom. The van der Waals surface area contributed by atoms with Gasteiger partial charge in [0.25, 0.3) is 0 Å². The van der Waals surface area contributed by atoms with Gasteiger partial charge in [0.1, 0.15) is 11.9 Å². The molecule has 0 saturated carbocycles. The number of likely N-dealkylation sites (N-methyl/N-ethyl adjacent to an activating group) is 1. The predicted octanol–water partition coefficient (Wildman–Crippen LogP) is 3.92. The first-order valence-electron chi connectivity index (χ1n) is 16.3. The van der Waals surface area contributed by atoms with Gasteiger partial charge in [0.05, 0.1) is 31.4 Å². The lowest BCUT2D eigenvalue weighted by Gasteiger charge is -2.30. The number of alkyl carbamates (subject to hydrolysis) is 1. The quantitative estimate of drug-likeness (QED) is 0.283. The topological polar surface area (TPSA) is 146 Å². The summed E-state index contributed by atoms with van der Waals surface area (Å²) in [7, 11) is 3.23. The summed E-state index contributed by atoms with van der Waals surface area (Å²) in [5, 5.41) is 10.8. The van der Waals surface area contributed by atoms with E-state index in [9.17, 15) is 19.2 Å². The van der Waals surface area contributed by atoms with Gasteiger partial charge >= 0.3 is 6.09 Å². The number of nitrogens with zero attached hydrogens (tertiary/aromatic N) is 4. The molecule has 2 aromatic heterocycles. The number of carbonyl (C=O) groups excluding carboxylic acids is 4. The number of ether oxygens (including phenoxy) is 1. The highest BCUT2D eigenvalue weighted by atomic mass is 16.5. The largest absolute Gasteiger partial charge is 0.453 e. The van der Waals surface area contributed by atoms with Crippen molar-refractivity contribution in [3.63, 3.8) is 0 Å². The molecular formula is C35H45N7O5. The van der Waals surface area contributed by atoms with Gasteiger partial charge in [-0.25, -0.2) is 9.78 Å². The minimum Gasteiger partial charge on any atom is -0.453 e. The van der Waals surface area contributed by atoms with Crippen molar-refractivity contribution in [2.24, 2.45) is 5.92 Å². The van der Waals surface area contributed by atoms with Crippen molar-refractivity contribution in [3.8, 4) is 11.1 Å². The highest BCUT2D eigenvalue weighted by molar-refractivity contribution is 5.97. The number of nitrogens with one attached hydrogen (secondary N) is 3. The fourth-order valence-corrected chi connectivity index (χ4v) is 6.39. The van der Waals surface area contributed by atoms with Crippen LogP contribution in [0.1, 0.15) is 58.2 Å². The summed E-state index contributed by atoms with van der Waals surface area (Å²) in [6.45, 7) is 7.12. The maximum atomic E-state index is 13.3. The lowest BCUT2D eigenvalue weighted by Crippen LogP contribution is -2.54. The number of rotatable bonds is 11. The van der Waals surface area contributed by atoms with Gasteiger partial charge in [0.2, 0.25) is 11.8 Å². The SMILES string of the molecule is COC(=O)NC(C(=O)N1CCCC1C(=O)CNC(C)c1ccc(-c2ccc3cnc(NC(=O)C4CCCN4C)cc3c2)cn1)C(C)C. The number of aromatic nitrogens is 2. The van der Waals surface area contributed by atoms with Crippen molar-refractivity contribution in [2.75, 3.05) is 39.1 Å². The lowest BCUT2D eigenvalue weighted by molar-refractivity contribution is -0.139. The molecule has 4 atom stereocenters. The third kappa shape index (κ3) is 7.94. The zero-order valence-electron chi connectivity index (χ0n) is 27.8. The summed E-state index contributed by atoms with van der Waals surface area (Å²) in [6.07, 6.45) is 6.09. The minimum absolute atomic E-state index is 0.0287. The number of anilines is 1. The second-order valence-electron chi connectivity index (χ2n) is 12.8. The number of fused-ring (bicyclic) bond motifs is 1. The van der Waals surface area contributed by atoms with Crippen LogP contribution in [0.3, 0.4) is 0 Å². The van der Waals surface area contributed by atoms with Gasteiger partial charge in [-0.2, -0.15) is 0 Å². The number of Topliss-reactive ketones (excluding diaryl/α,β-unsaturated/α-hetero) is 1. The van der Waals surface area contributed by atoms with Crippen molar-refractivity contribution in [1.29, 1.82) is 0 Å². The third-order valence-electron chi connectivity index (χ3n) is 9.24. The first-order chi connectivity index (χ1) is 22.5. The Hall–Kier alpha value is -4.42. The minimum atomic E-state index is -0.767. The Labute approximate surface area is 275 Å². The summed E-state index contributed by atoms with van der Waals surface area (Å²) < 4.78 is 4.69. The molecule has 2 aliphatic heterocycles. The van der Waals surface area contributed by atoms with Gasteiger partial charge in [-0.1, -0.05) is 32.0 Å². The number of hydrogen-bond donors (Lipinski definition) is 3. The van der Waals surface area contributed by atoms with E-state index in [4.69, 9.17) is 0 Å². The second-order valence-corrected chi connectivity index (χ2v) is 12.8. The Morgan fingerprint density at radius 2 is 1.66 bits per heavy atom. The van der Waals surface area contributed by atoms with Crippen LogP contribution in [-0.2, 0) is 19.1 Å². The van der Waals surface area contributed by atoms with Crippen LogP contribution in [-0.4, -0.2) is 95.4 Å². The van der Waals surface area contributed by atoms with Gasteiger partial charge in [0, 0.05) is 35.9 Å². The van der Waals surface area contributed by atoms with Crippen LogP contribution < -0.4 is 16.0 Å². The van der Waals surface area contributed by atoms with Crippen LogP contribution in [0.25, 0.3) is 21.9 Å². The summed E-state index contributed by atoms with van der Waals surface area (Å²) in [5.41, 5.74) is 2.71. The van der Waals surface area contributed by atoms with E-state index in [1.54, 1.807) is 11.1 Å². The molecule has 2 fully saturated rings. The maximum Gasteiger partial charge on any atom is 0.407 e. The zero-order valence-corrected chi connectivity index (χ0v) is 27.8. The van der Waals surface area contributed by atoms with E-state index in [0.717, 1.165) is 53.4 Å². The van der Waals surface area contributed by atoms with Crippen molar-refractivity contribution in [3.05, 3.63) is 54.5 Å². The van der Waals surface area contributed by atoms with Crippen LogP contribution in [0, 0.1) is 5.92 Å². The Kier molecular flexibility index (Phi) is 10.8. The van der Waals surface area contributed by atoms with Crippen molar-refractivity contribution in [1.82, 2.24) is 30.4 Å². The number of ketones is 1. The molecule has 0 aliphatic carbocycles. The molecule has 0 bridgehead atoms. The number of methoxy groups -OCH3 is 1. The maximum absolute atomic E-state index is 13.3. The first kappa shape index (κ1) is 33.9. The van der Waals surface area contributed by atoms with Crippen molar-refractivity contribution < 1.29 is 23.9 Å². The Bertz CT molecular complexity index is 1610. The van der Waals surface area contributed by atoms with Gasteiger partial charge in [-0.3, -0.25) is 24.3 Å². The second kappa shape index (κ2) is 15.0. The molecule has 250 valence electrons. The highest BCUT2D eigenvalue weighted by Gasteiger charge is 2.38. The van der Waals surface area contributed by atoms with Crippen LogP contribution in [0.5, 0.6) is 0 Å². The van der Waals surface area contributed by atoms with Crippen LogP contribution in [0.2, 0.25) is 0 Å². The number of likely N-dealkylation sites (tertiary alicyclic amines) is 2. The number of benzene rings is 1. The zero-order chi connectivity index (χ0) is 33.7. The smallest absolute Gasteiger partial charge is 0.407 e. The van der Waals surface area contributed by atoms with Crippen LogP contribution in [0.15, 0.2) is 48.8 Å². The molecule has 4 unspecified atom stereocenters. The molecule has 12 nitrogen and oxygen atoms in total. The van der Waals surface area contributed by atoms with Crippen molar-refractivity contribution in [2.45, 2.75) is 70.6 Å². The van der Waals surface area contributed by atoms with Gasteiger partial charge < -0.3 is 25.6 Å². The third-order valence-corrected chi connectivity index (χ3v) is 9.24. The average Bonchev–Trinajstić information content (AvgIpc) is 3.74. The van der Waals surface area contributed by atoms with E-state index in [2.05, 4.69) is 41.6 Å². The number of hydrogen-bond acceptors (Lipinski definition) is 9. The van der Waals surface area contributed by atoms with Crippen LogP contribution >= 0.6 is 0 Å². The molecule has 12 heteroatoms. The van der Waals surface area contributed by atoms with Gasteiger partial charge in [-0.05, 0) is 81.3 Å². The Morgan fingerprint density at radius 1 is 0.915 bits per heavy atom.